The molecule has 1 atom stereocenters. The summed E-state index contributed by atoms with van der Waals surface area (Å²) >= 11 is 0. The third-order valence-electron chi connectivity index (χ3n) is 8.84. The Morgan fingerprint density at radius 3 is 2.71 bits per heavy atom. The van der Waals surface area contributed by atoms with Crippen molar-refractivity contribution >= 4 is 28.5 Å². The van der Waals surface area contributed by atoms with Gasteiger partial charge in [0.2, 0.25) is 5.82 Å². The van der Waals surface area contributed by atoms with Crippen molar-refractivity contribution in [2.75, 3.05) is 12.4 Å². The van der Waals surface area contributed by atoms with Crippen molar-refractivity contribution < 1.29 is 23.4 Å². The van der Waals surface area contributed by atoms with Crippen molar-refractivity contribution in [2.45, 2.75) is 77.2 Å². The van der Waals surface area contributed by atoms with Crippen LogP contribution in [0.4, 0.5) is 14.5 Å². The number of methoxy groups -OCH3 is 1. The minimum atomic E-state index is -1.05. The van der Waals surface area contributed by atoms with Gasteiger partial charge in [-0.05, 0) is 67.5 Å². The summed E-state index contributed by atoms with van der Waals surface area (Å²) in [6.45, 7) is 1.98. The summed E-state index contributed by atoms with van der Waals surface area (Å²) in [4.78, 5) is 17.8. The van der Waals surface area contributed by atoms with Gasteiger partial charge in [-0.3, -0.25) is 9.79 Å². The van der Waals surface area contributed by atoms with Gasteiger partial charge in [-0.25, -0.2) is 4.39 Å². The smallest absolute Gasteiger partial charge is 0.201 e. The summed E-state index contributed by atoms with van der Waals surface area (Å²) in [5, 5.41) is 22.3. The maximum Gasteiger partial charge on any atom is 0.201 e. The number of aliphatic imine (C=N–C) groups is 1. The highest BCUT2D eigenvalue weighted by Gasteiger charge is 2.27. The fourth-order valence-electron chi connectivity index (χ4n) is 6.39. The molecule has 2 aromatic rings. The number of fused-ring (bicyclic) bond motifs is 1. The number of nitrogens with zero attached hydrogens (tertiary/aromatic N) is 1. The van der Waals surface area contributed by atoms with E-state index in [9.17, 15) is 14.3 Å². The largest absolute Gasteiger partial charge is 0.494 e. The first-order valence-electron chi connectivity index (χ1n) is 15.8. The van der Waals surface area contributed by atoms with E-state index in [4.69, 9.17) is 10.1 Å². The zero-order valence-corrected chi connectivity index (χ0v) is 26.0. The number of ether oxygens (including phenoxy) is 1. The number of Topliss-reactive ketones (excluding diaryl/α,β-unsaturated/α-hetero) is 1. The van der Waals surface area contributed by atoms with Gasteiger partial charge in [0.1, 0.15) is 0 Å². The van der Waals surface area contributed by atoms with Crippen LogP contribution in [0.2, 0.25) is 0 Å². The minimum Gasteiger partial charge on any atom is -0.494 e. The topological polar surface area (TPSA) is 94.8 Å². The lowest BCUT2D eigenvalue weighted by Crippen LogP contribution is -2.18. The molecule has 3 aliphatic rings. The van der Waals surface area contributed by atoms with Crippen LogP contribution in [0.25, 0.3) is 5.57 Å². The number of halogens is 2. The zero-order chi connectivity index (χ0) is 31.9. The molecule has 1 aliphatic heterocycles. The lowest BCUT2D eigenvalue weighted by molar-refractivity contribution is 0.0997. The third kappa shape index (κ3) is 7.56. The molecule has 0 spiro atoms. The molecule has 8 heteroatoms. The number of hydrogen-bond donors (Lipinski definition) is 3. The van der Waals surface area contributed by atoms with E-state index < -0.39 is 17.7 Å². The highest BCUT2D eigenvalue weighted by atomic mass is 19.2. The zero-order valence-electron chi connectivity index (χ0n) is 26.0. The number of benzene rings is 2. The number of aliphatic hydroxyl groups excluding tert-OH is 1. The Balaban J connectivity index is 1.26. The molecule has 1 fully saturated rings. The number of ketones is 1. The maximum atomic E-state index is 15.0. The SMILES string of the molecule is CCc1cc(N/C2=C\C/C=C\C=C3\C(c4ccc(OC)c(F)c4F)=CN=C23)ccc1C(=O)CC(=N)CC(O)CCC1CCCC1. The number of aryl methyl sites for hydroxylation is 1. The Morgan fingerprint density at radius 2 is 1.96 bits per heavy atom. The van der Waals surface area contributed by atoms with Gasteiger partial charge in [-0.1, -0.05) is 56.9 Å². The molecule has 0 amide bonds. The normalized spacial score (nSPS) is 20.0. The predicted octanol–water partition coefficient (Wildman–Crippen LogP) is 8.53. The lowest BCUT2D eigenvalue weighted by atomic mass is 9.93. The van der Waals surface area contributed by atoms with Gasteiger partial charge < -0.3 is 20.6 Å². The highest BCUT2D eigenvalue weighted by Crippen LogP contribution is 2.37. The van der Waals surface area contributed by atoms with Crippen LogP contribution < -0.4 is 10.1 Å². The quantitative estimate of drug-likeness (QED) is 0.156. The van der Waals surface area contributed by atoms with E-state index in [1.54, 1.807) is 12.3 Å². The second kappa shape index (κ2) is 14.7. The molecular weight excluding hydrogens is 572 g/mol. The molecule has 1 unspecified atom stereocenters. The van der Waals surface area contributed by atoms with Crippen LogP contribution in [0.3, 0.4) is 0 Å². The van der Waals surface area contributed by atoms with Crippen molar-refractivity contribution in [1.29, 1.82) is 5.41 Å². The number of hydrogen-bond acceptors (Lipinski definition) is 6. The standard InChI is InChI=1S/C37H41F2N3O3/c1-3-24-19-26(14-16-28(24)33(44)21-25(40)20-27(43)15-13-23-9-7-8-10-23)42-32-12-6-4-5-11-30-31(22-41-37(30)32)29-17-18-34(45-2)36(39)35(29)38/h4-5,11-12,14,16-19,22-23,27,40,42-43H,3,6-10,13,15,20-21H2,1-2H3/b5-4-,30-11-,32-12-,40-25?. The summed E-state index contributed by atoms with van der Waals surface area (Å²) in [5.41, 5.74) is 4.95. The number of carbonyl (C=O) groups is 1. The molecule has 0 aromatic heterocycles. The number of carbonyl (C=O) groups excluding carboxylic acids is 1. The molecule has 0 bridgehead atoms. The first kappa shape index (κ1) is 32.2. The molecular formula is C37H41F2N3O3. The number of nitrogens with one attached hydrogen (secondary N) is 2. The second-order valence-corrected chi connectivity index (χ2v) is 12.0. The van der Waals surface area contributed by atoms with Gasteiger partial charge in [0.05, 0.1) is 24.6 Å². The second-order valence-electron chi connectivity index (χ2n) is 12.0. The summed E-state index contributed by atoms with van der Waals surface area (Å²) in [7, 11) is 1.29. The first-order chi connectivity index (χ1) is 21.8. The molecule has 236 valence electrons. The van der Waals surface area contributed by atoms with Crippen LogP contribution >= 0.6 is 0 Å². The number of aliphatic hydroxyl groups is 1. The van der Waals surface area contributed by atoms with Crippen molar-refractivity contribution in [1.82, 2.24) is 0 Å². The van der Waals surface area contributed by atoms with Gasteiger partial charge in [-0.15, -0.1) is 0 Å². The Morgan fingerprint density at radius 1 is 1.16 bits per heavy atom. The van der Waals surface area contributed by atoms with Crippen LogP contribution in [0.5, 0.6) is 5.75 Å². The van der Waals surface area contributed by atoms with Gasteiger partial charge in [-0.2, -0.15) is 4.39 Å². The summed E-state index contributed by atoms with van der Waals surface area (Å²) in [6, 6.07) is 8.42. The molecule has 1 heterocycles. The van der Waals surface area contributed by atoms with E-state index >= 15 is 4.39 Å². The van der Waals surface area contributed by atoms with Crippen LogP contribution in [0.15, 0.2) is 77.1 Å². The Labute approximate surface area is 263 Å². The van der Waals surface area contributed by atoms with E-state index in [1.165, 1.54) is 44.9 Å². The van der Waals surface area contributed by atoms with Crippen LogP contribution in [0, 0.1) is 23.0 Å². The maximum absolute atomic E-state index is 15.0. The molecule has 6 nitrogen and oxygen atoms in total. The molecule has 2 aliphatic carbocycles. The summed E-state index contributed by atoms with van der Waals surface area (Å²) in [5.74, 6) is -1.65. The summed E-state index contributed by atoms with van der Waals surface area (Å²) < 4.78 is 34.5. The van der Waals surface area contributed by atoms with Crippen LogP contribution in [0.1, 0.15) is 86.2 Å². The number of rotatable bonds is 13. The van der Waals surface area contributed by atoms with E-state index in [2.05, 4.69) is 10.3 Å². The average Bonchev–Trinajstić information content (AvgIpc) is 3.69. The van der Waals surface area contributed by atoms with Crippen LogP contribution in [-0.2, 0) is 6.42 Å². The average molecular weight is 614 g/mol. The lowest BCUT2D eigenvalue weighted by Gasteiger charge is -2.18. The Hall–Kier alpha value is -4.17. The molecule has 2 aromatic carbocycles. The van der Waals surface area contributed by atoms with Gasteiger partial charge >= 0.3 is 0 Å². The van der Waals surface area contributed by atoms with E-state index in [1.807, 2.05) is 43.4 Å². The molecule has 0 radical (unpaired) electrons. The van der Waals surface area contributed by atoms with Crippen molar-refractivity contribution in [3.63, 3.8) is 0 Å². The van der Waals surface area contributed by atoms with Crippen molar-refractivity contribution in [2.24, 2.45) is 10.9 Å². The molecule has 45 heavy (non-hydrogen) atoms. The monoisotopic (exact) mass is 613 g/mol. The first-order valence-corrected chi connectivity index (χ1v) is 15.8. The van der Waals surface area contributed by atoms with Gasteiger partial charge in [0.25, 0.3) is 0 Å². The molecule has 0 saturated heterocycles. The molecule has 1 saturated carbocycles. The van der Waals surface area contributed by atoms with E-state index in [-0.39, 0.29) is 35.6 Å². The third-order valence-corrected chi connectivity index (χ3v) is 8.84. The fraction of sp³-hybridized carbons (Fsp3) is 0.378. The van der Waals surface area contributed by atoms with Crippen molar-refractivity contribution in [3.05, 3.63) is 100 Å². The number of anilines is 1. The summed E-state index contributed by atoms with van der Waals surface area (Å²) in [6.07, 6.45) is 16.8. The fourth-order valence-corrected chi connectivity index (χ4v) is 6.39. The van der Waals surface area contributed by atoms with Crippen molar-refractivity contribution in [3.8, 4) is 5.75 Å². The minimum absolute atomic E-state index is 0.0142. The van der Waals surface area contributed by atoms with E-state index in [0.717, 1.165) is 17.7 Å². The number of allylic oxidation sites excluding steroid dienone is 6. The van der Waals surface area contributed by atoms with Gasteiger partial charge in [0.15, 0.2) is 17.3 Å². The predicted molar refractivity (Wildman–Crippen MR) is 176 cm³/mol. The highest BCUT2D eigenvalue weighted by molar-refractivity contribution is 6.25. The van der Waals surface area contributed by atoms with Crippen LogP contribution in [-0.4, -0.2) is 35.5 Å². The molecule has 5 rings (SSSR count). The van der Waals surface area contributed by atoms with E-state index in [0.29, 0.717) is 53.3 Å². The Bertz CT molecular complexity index is 1610. The van der Waals surface area contributed by atoms with Gasteiger partial charge in [0, 0.05) is 52.7 Å². The Kier molecular flexibility index (Phi) is 10.6. The molecule has 3 N–H and O–H groups in total.